The number of methoxy groups -OCH3 is 2. The maximum Gasteiger partial charge on any atom is 0.256 e. The maximum atomic E-state index is 13.0. The van der Waals surface area contributed by atoms with E-state index in [1.807, 2.05) is 12.1 Å². The van der Waals surface area contributed by atoms with Crippen molar-refractivity contribution in [2.24, 2.45) is 0 Å². The fourth-order valence-electron chi connectivity index (χ4n) is 3.47. The fourth-order valence-corrected chi connectivity index (χ4v) is 4.32. The fraction of sp³-hybridized carbons (Fsp3) is 0.231. The van der Waals surface area contributed by atoms with E-state index in [1.54, 1.807) is 55.6 Å². The first-order valence-electron chi connectivity index (χ1n) is 11.0. The van der Waals surface area contributed by atoms with Crippen LogP contribution in [0.15, 0.2) is 65.6 Å². The molecule has 1 aliphatic heterocycles. The van der Waals surface area contributed by atoms with Gasteiger partial charge in [0, 0.05) is 34.8 Å². The third-order valence-corrected chi connectivity index (χ3v) is 6.24. The smallest absolute Gasteiger partial charge is 0.256 e. The number of benzene rings is 3. The molecule has 0 fully saturated rings. The highest BCUT2D eigenvalue weighted by Gasteiger charge is 2.16. The van der Waals surface area contributed by atoms with Crippen molar-refractivity contribution >= 4 is 35.0 Å². The molecule has 2 N–H and O–H groups in total. The first-order chi connectivity index (χ1) is 17.1. The minimum Gasteiger partial charge on any atom is -0.493 e. The summed E-state index contributed by atoms with van der Waals surface area (Å²) in [5, 5.41) is 5.75. The van der Waals surface area contributed by atoms with E-state index in [0.717, 1.165) is 6.42 Å². The predicted octanol–water partition coefficient (Wildman–Crippen LogP) is 4.85. The molecule has 35 heavy (non-hydrogen) atoms. The molecule has 0 bridgehead atoms. The number of nitrogens with one attached hydrogen (secondary N) is 2. The van der Waals surface area contributed by atoms with Gasteiger partial charge < -0.3 is 29.6 Å². The lowest BCUT2D eigenvalue weighted by Gasteiger charge is -2.13. The number of carbonyl (C=O) groups excluding carboxylic acids is 2. The van der Waals surface area contributed by atoms with E-state index in [2.05, 4.69) is 10.6 Å². The zero-order valence-electron chi connectivity index (χ0n) is 19.5. The molecule has 0 radical (unpaired) electrons. The van der Waals surface area contributed by atoms with Crippen LogP contribution in [0.2, 0.25) is 0 Å². The lowest BCUT2D eigenvalue weighted by Crippen LogP contribution is -2.16. The van der Waals surface area contributed by atoms with Gasteiger partial charge in [0.05, 0.1) is 38.7 Å². The van der Waals surface area contributed by atoms with Gasteiger partial charge in [0.15, 0.2) is 23.0 Å². The second kappa shape index (κ2) is 11.5. The molecule has 0 aliphatic carbocycles. The minimum absolute atomic E-state index is 0.128. The van der Waals surface area contributed by atoms with Gasteiger partial charge in [-0.15, -0.1) is 11.8 Å². The second-order valence-electron chi connectivity index (χ2n) is 7.57. The highest BCUT2D eigenvalue weighted by molar-refractivity contribution is 8.00. The van der Waals surface area contributed by atoms with Crippen LogP contribution in [-0.4, -0.2) is 45.0 Å². The highest BCUT2D eigenvalue weighted by atomic mass is 32.2. The van der Waals surface area contributed by atoms with E-state index < -0.39 is 0 Å². The number of fused-ring (bicyclic) bond motifs is 1. The lowest BCUT2D eigenvalue weighted by atomic mass is 10.2. The van der Waals surface area contributed by atoms with Gasteiger partial charge in [-0.05, 0) is 36.4 Å². The Labute approximate surface area is 207 Å². The Kier molecular flexibility index (Phi) is 7.99. The van der Waals surface area contributed by atoms with E-state index in [4.69, 9.17) is 18.9 Å². The van der Waals surface area contributed by atoms with Gasteiger partial charge in [-0.25, -0.2) is 0 Å². The van der Waals surface area contributed by atoms with Gasteiger partial charge in [-0.2, -0.15) is 0 Å². The van der Waals surface area contributed by atoms with Crippen molar-refractivity contribution < 1.29 is 28.5 Å². The van der Waals surface area contributed by atoms with Crippen LogP contribution in [-0.2, 0) is 4.79 Å². The van der Waals surface area contributed by atoms with Crippen LogP contribution in [0.5, 0.6) is 23.0 Å². The van der Waals surface area contributed by atoms with Crippen molar-refractivity contribution in [2.45, 2.75) is 11.3 Å². The maximum absolute atomic E-state index is 13.0. The highest BCUT2D eigenvalue weighted by Crippen LogP contribution is 2.33. The summed E-state index contributed by atoms with van der Waals surface area (Å²) in [4.78, 5) is 26.3. The van der Waals surface area contributed by atoms with Crippen LogP contribution >= 0.6 is 11.8 Å². The average Bonchev–Trinajstić information content (AvgIpc) is 3.12. The van der Waals surface area contributed by atoms with E-state index in [0.29, 0.717) is 58.0 Å². The second-order valence-corrected chi connectivity index (χ2v) is 8.59. The first kappa shape index (κ1) is 24.3. The zero-order valence-corrected chi connectivity index (χ0v) is 20.3. The molecule has 4 rings (SSSR count). The van der Waals surface area contributed by atoms with E-state index in [-0.39, 0.29) is 17.6 Å². The number of hydrogen-bond acceptors (Lipinski definition) is 7. The van der Waals surface area contributed by atoms with Gasteiger partial charge in [-0.3, -0.25) is 9.59 Å². The summed E-state index contributed by atoms with van der Waals surface area (Å²) in [5.74, 6) is 2.01. The summed E-state index contributed by atoms with van der Waals surface area (Å²) >= 11 is 1.28. The van der Waals surface area contributed by atoms with Gasteiger partial charge in [0.2, 0.25) is 5.91 Å². The number of anilines is 2. The van der Waals surface area contributed by atoms with Crippen LogP contribution in [0.4, 0.5) is 11.4 Å². The van der Waals surface area contributed by atoms with Crippen LogP contribution in [0, 0.1) is 0 Å². The van der Waals surface area contributed by atoms with Crippen LogP contribution in [0.1, 0.15) is 16.8 Å². The van der Waals surface area contributed by atoms with Crippen molar-refractivity contribution in [1.29, 1.82) is 0 Å². The number of ether oxygens (including phenoxy) is 4. The molecule has 9 heteroatoms. The molecule has 3 aromatic rings. The summed E-state index contributed by atoms with van der Waals surface area (Å²) in [5.41, 5.74) is 1.67. The summed E-state index contributed by atoms with van der Waals surface area (Å²) < 4.78 is 21.8. The molecule has 3 aromatic carbocycles. The number of hydrogen-bond donors (Lipinski definition) is 2. The lowest BCUT2D eigenvalue weighted by molar-refractivity contribution is -0.113. The number of carbonyl (C=O) groups is 2. The molecular weight excluding hydrogens is 468 g/mol. The van der Waals surface area contributed by atoms with Crippen molar-refractivity contribution in [3.05, 3.63) is 66.2 Å². The molecule has 0 spiro atoms. The molecule has 0 unspecified atom stereocenters. The minimum atomic E-state index is -0.275. The standard InChI is InChI=1S/C26H26N2O6S/c1-31-20-10-8-17(14-22(20)32-2)27-25(29)16-35-24-7-4-3-6-19(24)26(30)28-18-9-11-21-23(15-18)34-13-5-12-33-21/h3-4,6-11,14-15H,5,12-13,16H2,1-2H3,(H,27,29)(H,28,30). The Morgan fingerprint density at radius 3 is 2.37 bits per heavy atom. The molecule has 1 aliphatic rings. The summed E-state index contributed by atoms with van der Waals surface area (Å²) in [6.07, 6.45) is 0.806. The molecule has 2 amide bonds. The summed E-state index contributed by atoms with van der Waals surface area (Å²) in [6.45, 7) is 1.16. The van der Waals surface area contributed by atoms with E-state index in [9.17, 15) is 9.59 Å². The van der Waals surface area contributed by atoms with Crippen LogP contribution in [0.3, 0.4) is 0 Å². The monoisotopic (exact) mass is 494 g/mol. The predicted molar refractivity (Wildman–Crippen MR) is 135 cm³/mol. The normalized spacial score (nSPS) is 12.3. The Bertz CT molecular complexity index is 1220. The zero-order chi connectivity index (χ0) is 24.6. The Morgan fingerprint density at radius 1 is 0.857 bits per heavy atom. The molecule has 182 valence electrons. The SMILES string of the molecule is COc1ccc(NC(=O)CSc2ccccc2C(=O)Nc2ccc3c(c2)OCCCO3)cc1OC. The van der Waals surface area contributed by atoms with Gasteiger partial charge in [-0.1, -0.05) is 12.1 Å². The third kappa shape index (κ3) is 6.19. The number of thioether (sulfide) groups is 1. The Hall–Kier alpha value is -3.85. The average molecular weight is 495 g/mol. The van der Waals surface area contributed by atoms with E-state index in [1.165, 1.54) is 18.9 Å². The van der Waals surface area contributed by atoms with Gasteiger partial charge >= 0.3 is 0 Å². The summed E-state index contributed by atoms with van der Waals surface area (Å²) in [6, 6.07) is 17.6. The molecule has 0 aromatic heterocycles. The van der Waals surface area contributed by atoms with Gasteiger partial charge in [0.25, 0.3) is 5.91 Å². The quantitative estimate of drug-likeness (QED) is 0.432. The third-order valence-electron chi connectivity index (χ3n) is 5.16. The molecule has 0 saturated carbocycles. The largest absolute Gasteiger partial charge is 0.493 e. The van der Waals surface area contributed by atoms with Crippen LogP contribution < -0.4 is 29.6 Å². The molecule has 1 heterocycles. The number of amides is 2. The van der Waals surface area contributed by atoms with Crippen LogP contribution in [0.25, 0.3) is 0 Å². The first-order valence-corrected chi connectivity index (χ1v) is 12.0. The Balaban J connectivity index is 1.39. The topological polar surface area (TPSA) is 95.1 Å². The van der Waals surface area contributed by atoms with Crippen molar-refractivity contribution in [3.63, 3.8) is 0 Å². The van der Waals surface area contributed by atoms with E-state index >= 15 is 0 Å². The van der Waals surface area contributed by atoms with Crippen molar-refractivity contribution in [3.8, 4) is 23.0 Å². The summed E-state index contributed by atoms with van der Waals surface area (Å²) in [7, 11) is 3.09. The van der Waals surface area contributed by atoms with Gasteiger partial charge in [0.1, 0.15) is 0 Å². The number of rotatable bonds is 8. The molecule has 0 atom stereocenters. The Morgan fingerprint density at radius 2 is 1.57 bits per heavy atom. The van der Waals surface area contributed by atoms with Crippen molar-refractivity contribution in [1.82, 2.24) is 0 Å². The molecule has 8 nitrogen and oxygen atoms in total. The molecular formula is C26H26N2O6S. The molecule has 0 saturated heterocycles. The van der Waals surface area contributed by atoms with Crippen molar-refractivity contribution in [2.75, 3.05) is 43.8 Å².